The number of aryl methyl sites for hydroxylation is 1. The first kappa shape index (κ1) is 25.2. The highest BCUT2D eigenvalue weighted by molar-refractivity contribution is 5.98. The Morgan fingerprint density at radius 3 is 2.55 bits per heavy atom. The summed E-state index contributed by atoms with van der Waals surface area (Å²) in [5, 5.41) is 5.51. The summed E-state index contributed by atoms with van der Waals surface area (Å²) in [4.78, 5) is 18.0. The number of nitrogens with zero attached hydrogens (tertiary/aromatic N) is 3. The van der Waals surface area contributed by atoms with Gasteiger partial charge >= 0.3 is 6.18 Å². The average molecular weight is 454 g/mol. The molecular formula is C18H24Cl2F3N5O. The van der Waals surface area contributed by atoms with E-state index in [0.717, 1.165) is 5.56 Å². The molecule has 0 bridgehead atoms. The minimum atomic E-state index is -4.41. The van der Waals surface area contributed by atoms with E-state index >= 15 is 0 Å². The van der Waals surface area contributed by atoms with E-state index in [9.17, 15) is 18.0 Å². The number of carbonyl (C=O) groups excluding carboxylic acids is 1. The van der Waals surface area contributed by atoms with Crippen LogP contribution in [0.1, 0.15) is 15.9 Å². The number of benzene rings is 1. The fourth-order valence-electron chi connectivity index (χ4n) is 3.19. The number of piperazine rings is 1. The summed E-state index contributed by atoms with van der Waals surface area (Å²) < 4.78 is 42.2. The molecule has 11 heteroatoms. The van der Waals surface area contributed by atoms with Gasteiger partial charge in [0, 0.05) is 45.1 Å². The molecule has 2 N–H and O–H groups in total. The predicted octanol–water partition coefficient (Wildman–Crippen LogP) is 2.59. The van der Waals surface area contributed by atoms with Gasteiger partial charge in [0.15, 0.2) is 0 Å². The second kappa shape index (κ2) is 10.8. The lowest BCUT2D eigenvalue weighted by atomic mass is 10.1. The Hall–Kier alpha value is -1.81. The van der Waals surface area contributed by atoms with E-state index in [0.29, 0.717) is 37.4 Å². The summed E-state index contributed by atoms with van der Waals surface area (Å²) in [5.74, 6) is -0.535. The van der Waals surface area contributed by atoms with E-state index in [1.807, 2.05) is 13.0 Å². The summed E-state index contributed by atoms with van der Waals surface area (Å²) in [6.07, 6.45) is 0.386. The standard InChI is InChI=1S/C18H22F3N5O.2ClH/c1-13-2-3-15(26-9-6-23-12-26)14(10-13)17(27)24-11-16(18(19,20)21)25-7-4-22-5-8-25;;/h2-3,6,9-10,12,16,22H,4-5,7-8,11H2,1H3,(H,24,27);2*1H. The van der Waals surface area contributed by atoms with Gasteiger partial charge in [-0.1, -0.05) is 11.6 Å². The van der Waals surface area contributed by atoms with Gasteiger partial charge in [-0.05, 0) is 19.1 Å². The van der Waals surface area contributed by atoms with Crippen LogP contribution in [0.15, 0.2) is 36.9 Å². The van der Waals surface area contributed by atoms with Crippen LogP contribution in [0.25, 0.3) is 5.69 Å². The fourth-order valence-corrected chi connectivity index (χ4v) is 3.19. The maximum Gasteiger partial charge on any atom is 0.405 e. The van der Waals surface area contributed by atoms with Gasteiger partial charge in [-0.2, -0.15) is 13.2 Å². The zero-order valence-electron chi connectivity index (χ0n) is 15.8. The summed E-state index contributed by atoms with van der Waals surface area (Å²) in [7, 11) is 0. The highest BCUT2D eigenvalue weighted by Gasteiger charge is 2.43. The topological polar surface area (TPSA) is 62.2 Å². The van der Waals surface area contributed by atoms with Crippen molar-refractivity contribution in [3.8, 4) is 5.69 Å². The largest absolute Gasteiger partial charge is 0.405 e. The Morgan fingerprint density at radius 1 is 1.28 bits per heavy atom. The van der Waals surface area contributed by atoms with Crippen molar-refractivity contribution in [2.75, 3.05) is 32.7 Å². The van der Waals surface area contributed by atoms with Crippen LogP contribution in [0.2, 0.25) is 0 Å². The van der Waals surface area contributed by atoms with Gasteiger partial charge < -0.3 is 15.2 Å². The lowest BCUT2D eigenvalue weighted by molar-refractivity contribution is -0.183. The van der Waals surface area contributed by atoms with Crippen LogP contribution in [0, 0.1) is 6.92 Å². The first-order chi connectivity index (χ1) is 12.9. The van der Waals surface area contributed by atoms with E-state index in [4.69, 9.17) is 0 Å². The highest BCUT2D eigenvalue weighted by atomic mass is 35.5. The first-order valence-corrected chi connectivity index (χ1v) is 8.75. The molecule has 1 fully saturated rings. The van der Waals surface area contributed by atoms with Crippen molar-refractivity contribution < 1.29 is 18.0 Å². The van der Waals surface area contributed by atoms with Crippen LogP contribution >= 0.6 is 24.8 Å². The van der Waals surface area contributed by atoms with Gasteiger partial charge in [0.2, 0.25) is 0 Å². The van der Waals surface area contributed by atoms with Crippen LogP contribution in [0.4, 0.5) is 13.2 Å². The number of imidazole rings is 1. The molecule has 29 heavy (non-hydrogen) atoms. The molecule has 1 aromatic carbocycles. The smallest absolute Gasteiger partial charge is 0.350 e. The van der Waals surface area contributed by atoms with Crippen molar-refractivity contribution in [3.63, 3.8) is 0 Å². The quantitative estimate of drug-likeness (QED) is 0.730. The monoisotopic (exact) mass is 453 g/mol. The molecule has 162 valence electrons. The molecule has 0 aliphatic carbocycles. The van der Waals surface area contributed by atoms with E-state index in [1.54, 1.807) is 35.4 Å². The molecule has 2 heterocycles. The minimum absolute atomic E-state index is 0. The van der Waals surface area contributed by atoms with Crippen LogP contribution in [-0.4, -0.2) is 65.3 Å². The van der Waals surface area contributed by atoms with E-state index in [-0.39, 0.29) is 24.8 Å². The SMILES string of the molecule is Cc1ccc(-n2ccnc2)c(C(=O)NCC(N2CCNCC2)C(F)(F)F)c1.Cl.Cl. The number of amides is 1. The number of nitrogens with one attached hydrogen (secondary N) is 2. The molecule has 1 atom stereocenters. The third kappa shape index (κ3) is 6.33. The molecule has 1 aliphatic rings. The van der Waals surface area contributed by atoms with Crippen LogP contribution in [-0.2, 0) is 0 Å². The third-order valence-electron chi connectivity index (χ3n) is 4.61. The number of aromatic nitrogens is 2. The van der Waals surface area contributed by atoms with Crippen molar-refractivity contribution >= 4 is 30.7 Å². The molecule has 6 nitrogen and oxygen atoms in total. The van der Waals surface area contributed by atoms with Gasteiger partial charge in [0.1, 0.15) is 6.04 Å². The second-order valence-electron chi connectivity index (χ2n) is 6.54. The summed E-state index contributed by atoms with van der Waals surface area (Å²) in [6, 6.07) is 3.55. The average Bonchev–Trinajstić information content (AvgIpc) is 3.16. The predicted molar refractivity (Wildman–Crippen MR) is 109 cm³/mol. The van der Waals surface area contributed by atoms with Gasteiger partial charge in [-0.15, -0.1) is 24.8 Å². The van der Waals surface area contributed by atoms with E-state index in [1.165, 1.54) is 4.90 Å². The van der Waals surface area contributed by atoms with Crippen molar-refractivity contribution in [2.24, 2.45) is 0 Å². The number of rotatable bonds is 5. The number of halogens is 5. The van der Waals surface area contributed by atoms with Crippen LogP contribution in [0.3, 0.4) is 0 Å². The maximum absolute atomic E-state index is 13.5. The van der Waals surface area contributed by atoms with Crippen molar-refractivity contribution in [3.05, 3.63) is 48.0 Å². The molecule has 2 aromatic rings. The Bertz CT molecular complexity index is 780. The van der Waals surface area contributed by atoms with E-state index < -0.39 is 24.7 Å². The van der Waals surface area contributed by atoms with Gasteiger partial charge in [0.05, 0.1) is 17.6 Å². The first-order valence-electron chi connectivity index (χ1n) is 8.75. The fraction of sp³-hybridized carbons (Fsp3) is 0.444. The van der Waals surface area contributed by atoms with Crippen LogP contribution in [0.5, 0.6) is 0 Å². The molecular weight excluding hydrogens is 430 g/mol. The van der Waals surface area contributed by atoms with Gasteiger partial charge in [0.25, 0.3) is 5.91 Å². The molecule has 1 unspecified atom stereocenters. The van der Waals surface area contributed by atoms with Crippen molar-refractivity contribution in [1.29, 1.82) is 0 Å². The third-order valence-corrected chi connectivity index (χ3v) is 4.61. The van der Waals surface area contributed by atoms with Gasteiger partial charge in [-0.3, -0.25) is 9.69 Å². The number of alkyl halides is 3. The zero-order chi connectivity index (χ0) is 19.4. The molecule has 0 saturated carbocycles. The van der Waals surface area contributed by atoms with Crippen molar-refractivity contribution in [1.82, 2.24) is 25.1 Å². The van der Waals surface area contributed by atoms with Gasteiger partial charge in [-0.25, -0.2) is 4.98 Å². The molecule has 0 spiro atoms. The zero-order valence-corrected chi connectivity index (χ0v) is 17.4. The normalized spacial score (nSPS) is 15.7. The molecule has 1 aliphatic heterocycles. The Morgan fingerprint density at radius 2 is 1.97 bits per heavy atom. The lowest BCUT2D eigenvalue weighted by Crippen LogP contribution is -2.57. The number of hydrogen-bond donors (Lipinski definition) is 2. The highest BCUT2D eigenvalue weighted by Crippen LogP contribution is 2.25. The van der Waals surface area contributed by atoms with Crippen LogP contribution < -0.4 is 10.6 Å². The minimum Gasteiger partial charge on any atom is -0.350 e. The Labute approximate surface area is 179 Å². The number of carbonyl (C=O) groups is 1. The number of hydrogen-bond acceptors (Lipinski definition) is 4. The Kier molecular flexibility index (Phi) is 9.41. The summed E-state index contributed by atoms with van der Waals surface area (Å²) in [6.45, 7) is 2.94. The van der Waals surface area contributed by atoms with Crippen molar-refractivity contribution in [2.45, 2.75) is 19.1 Å². The molecule has 1 aromatic heterocycles. The summed E-state index contributed by atoms with van der Waals surface area (Å²) >= 11 is 0. The van der Waals surface area contributed by atoms with E-state index in [2.05, 4.69) is 15.6 Å². The molecule has 1 saturated heterocycles. The molecule has 1 amide bonds. The Balaban J connectivity index is 0.00000210. The molecule has 0 radical (unpaired) electrons. The maximum atomic E-state index is 13.5. The molecule has 3 rings (SSSR count). The second-order valence-corrected chi connectivity index (χ2v) is 6.54. The summed E-state index contributed by atoms with van der Waals surface area (Å²) in [5.41, 5.74) is 1.73. The lowest BCUT2D eigenvalue weighted by Gasteiger charge is -2.36.